The summed E-state index contributed by atoms with van der Waals surface area (Å²) in [5.74, 6) is -0.537. The number of carbonyl (C=O) groups excluding carboxylic acids is 2. The highest BCUT2D eigenvalue weighted by atomic mass is 35.6. The fourth-order valence-electron chi connectivity index (χ4n) is 1.62. The molecular formula is C14H17Cl3N4O3S. The number of hydrogen-bond donors (Lipinski definition) is 3. The summed E-state index contributed by atoms with van der Waals surface area (Å²) in [6.45, 7) is 0. The van der Waals surface area contributed by atoms with Crippen molar-refractivity contribution in [3.63, 3.8) is 0 Å². The lowest BCUT2D eigenvalue weighted by molar-refractivity contribution is 0.0602. The zero-order valence-corrected chi connectivity index (χ0v) is 16.7. The van der Waals surface area contributed by atoms with Gasteiger partial charge in [-0.1, -0.05) is 46.9 Å². The molecule has 0 saturated carbocycles. The molecule has 0 aliphatic rings. The number of alkyl halides is 3. The lowest BCUT2D eigenvalue weighted by Crippen LogP contribution is -2.57. The Morgan fingerprint density at radius 1 is 1.20 bits per heavy atom. The summed E-state index contributed by atoms with van der Waals surface area (Å²) in [5.41, 5.74) is 0.672. The van der Waals surface area contributed by atoms with Crippen LogP contribution in [0, 0.1) is 0 Å². The first-order valence-corrected chi connectivity index (χ1v) is 8.40. The summed E-state index contributed by atoms with van der Waals surface area (Å²) in [4.78, 5) is 24.8. The molecule has 11 heteroatoms. The number of halogens is 3. The molecule has 0 aliphatic carbocycles. The van der Waals surface area contributed by atoms with Crippen LogP contribution < -0.4 is 16.0 Å². The maximum absolute atomic E-state index is 11.8. The van der Waals surface area contributed by atoms with E-state index in [1.807, 2.05) is 0 Å². The molecule has 0 aliphatic heterocycles. The predicted molar refractivity (Wildman–Crippen MR) is 103 cm³/mol. The van der Waals surface area contributed by atoms with E-state index in [1.165, 1.54) is 26.1 Å². The van der Waals surface area contributed by atoms with Crippen LogP contribution in [0.15, 0.2) is 24.3 Å². The summed E-state index contributed by atoms with van der Waals surface area (Å²) < 4.78 is 2.83. The number of para-hydroxylation sites is 1. The van der Waals surface area contributed by atoms with E-state index < -0.39 is 22.0 Å². The topological polar surface area (TPSA) is 82.7 Å². The SMILES string of the molecule is COC(=O)c1ccccc1NC(=S)N[C@H](NC(=O)N(C)C)C(Cl)(Cl)Cl. The van der Waals surface area contributed by atoms with Crippen LogP contribution in [0.25, 0.3) is 0 Å². The standard InChI is InChI=1S/C14H17Cl3N4O3S/c1-21(2)13(23)20-11(14(15,16)17)19-12(25)18-9-7-5-4-6-8(9)10(22)24-3/h4-7,11H,1-3H3,(H,20,23)(H2,18,19,25)/t11-/m1/s1. The van der Waals surface area contributed by atoms with E-state index in [1.54, 1.807) is 24.3 Å². The number of anilines is 1. The Bertz CT molecular complexity index is 652. The summed E-state index contributed by atoms with van der Waals surface area (Å²) >= 11 is 22.8. The van der Waals surface area contributed by atoms with Gasteiger partial charge in [0.15, 0.2) is 11.3 Å². The van der Waals surface area contributed by atoms with Gasteiger partial charge in [0, 0.05) is 14.1 Å². The first-order valence-electron chi connectivity index (χ1n) is 6.85. The Labute approximate surface area is 165 Å². The molecule has 2 amide bonds. The average Bonchev–Trinajstić information content (AvgIpc) is 2.52. The maximum atomic E-state index is 11.8. The molecular weight excluding hydrogens is 411 g/mol. The molecule has 25 heavy (non-hydrogen) atoms. The second-order valence-electron chi connectivity index (χ2n) is 4.95. The Morgan fingerprint density at radius 3 is 2.32 bits per heavy atom. The second kappa shape index (κ2) is 9.28. The van der Waals surface area contributed by atoms with Crippen molar-refractivity contribution in [1.29, 1.82) is 0 Å². The molecule has 1 aromatic rings. The number of thiocarbonyl (C=S) groups is 1. The number of rotatable bonds is 4. The van der Waals surface area contributed by atoms with E-state index in [9.17, 15) is 9.59 Å². The maximum Gasteiger partial charge on any atom is 0.339 e. The number of nitrogens with one attached hydrogen (secondary N) is 3. The minimum Gasteiger partial charge on any atom is -0.465 e. The van der Waals surface area contributed by atoms with Gasteiger partial charge in [-0.2, -0.15) is 0 Å². The summed E-state index contributed by atoms with van der Waals surface area (Å²) in [5, 5.41) is 8.02. The van der Waals surface area contributed by atoms with Crippen LogP contribution in [-0.4, -0.2) is 53.2 Å². The summed E-state index contributed by atoms with van der Waals surface area (Å²) in [6, 6.07) is 6.09. The molecule has 0 spiro atoms. The number of benzene rings is 1. The van der Waals surface area contributed by atoms with Crippen molar-refractivity contribution in [2.75, 3.05) is 26.5 Å². The van der Waals surface area contributed by atoms with E-state index in [2.05, 4.69) is 16.0 Å². The van der Waals surface area contributed by atoms with Gasteiger partial charge in [0.05, 0.1) is 18.4 Å². The molecule has 0 saturated heterocycles. The lowest BCUT2D eigenvalue weighted by Gasteiger charge is -2.29. The summed E-state index contributed by atoms with van der Waals surface area (Å²) in [7, 11) is 4.34. The van der Waals surface area contributed by atoms with Crippen LogP contribution in [-0.2, 0) is 4.74 Å². The number of hydrogen-bond acceptors (Lipinski definition) is 4. The van der Waals surface area contributed by atoms with Gasteiger partial charge in [0.1, 0.15) is 0 Å². The smallest absolute Gasteiger partial charge is 0.339 e. The van der Waals surface area contributed by atoms with Crippen molar-refractivity contribution < 1.29 is 14.3 Å². The Kier molecular flexibility index (Phi) is 8.01. The van der Waals surface area contributed by atoms with Crippen LogP contribution in [0.2, 0.25) is 0 Å². The molecule has 0 unspecified atom stereocenters. The second-order valence-corrected chi connectivity index (χ2v) is 7.73. The van der Waals surface area contributed by atoms with Crippen molar-refractivity contribution in [3.8, 4) is 0 Å². The average molecular weight is 428 g/mol. The third-order valence-corrected chi connectivity index (χ3v) is 3.73. The Balaban J connectivity index is 2.89. The largest absolute Gasteiger partial charge is 0.465 e. The first-order chi connectivity index (χ1) is 11.6. The molecule has 0 fully saturated rings. The highest BCUT2D eigenvalue weighted by molar-refractivity contribution is 7.80. The number of esters is 1. The van der Waals surface area contributed by atoms with Crippen molar-refractivity contribution in [1.82, 2.24) is 15.5 Å². The third-order valence-electron chi connectivity index (χ3n) is 2.86. The normalized spacial score (nSPS) is 11.9. The van der Waals surface area contributed by atoms with Crippen LogP contribution in [0.3, 0.4) is 0 Å². The first kappa shape index (κ1) is 21.6. The van der Waals surface area contributed by atoms with E-state index >= 15 is 0 Å². The zero-order chi connectivity index (χ0) is 19.2. The molecule has 0 aromatic heterocycles. The van der Waals surface area contributed by atoms with Gasteiger partial charge in [-0.05, 0) is 24.4 Å². The van der Waals surface area contributed by atoms with Crippen molar-refractivity contribution in [3.05, 3.63) is 29.8 Å². The molecule has 3 N–H and O–H groups in total. The van der Waals surface area contributed by atoms with Crippen LogP contribution in [0.1, 0.15) is 10.4 Å². The number of carbonyl (C=O) groups is 2. The van der Waals surface area contributed by atoms with Crippen molar-refractivity contribution >= 4 is 69.8 Å². The molecule has 1 rings (SSSR count). The molecule has 0 bridgehead atoms. The van der Waals surface area contributed by atoms with Gasteiger partial charge in [0.2, 0.25) is 3.79 Å². The molecule has 1 atom stereocenters. The number of amides is 2. The Morgan fingerprint density at radius 2 is 1.80 bits per heavy atom. The quantitative estimate of drug-likeness (QED) is 0.297. The highest BCUT2D eigenvalue weighted by Gasteiger charge is 2.35. The van der Waals surface area contributed by atoms with Gasteiger partial charge < -0.3 is 25.6 Å². The van der Waals surface area contributed by atoms with E-state index in [4.69, 9.17) is 51.8 Å². The van der Waals surface area contributed by atoms with Crippen LogP contribution in [0.5, 0.6) is 0 Å². The van der Waals surface area contributed by atoms with Gasteiger partial charge >= 0.3 is 12.0 Å². The molecule has 7 nitrogen and oxygen atoms in total. The van der Waals surface area contributed by atoms with Crippen LogP contribution >= 0.6 is 47.0 Å². The molecule has 0 heterocycles. The predicted octanol–water partition coefficient (Wildman–Crippen LogP) is 2.73. The summed E-state index contributed by atoms with van der Waals surface area (Å²) in [6.07, 6.45) is -1.11. The monoisotopic (exact) mass is 426 g/mol. The van der Waals surface area contributed by atoms with Gasteiger partial charge in [0.25, 0.3) is 0 Å². The van der Waals surface area contributed by atoms with Crippen molar-refractivity contribution in [2.24, 2.45) is 0 Å². The van der Waals surface area contributed by atoms with Crippen molar-refractivity contribution in [2.45, 2.75) is 9.96 Å². The van der Waals surface area contributed by atoms with Crippen LogP contribution in [0.4, 0.5) is 10.5 Å². The number of urea groups is 1. The molecule has 1 aromatic carbocycles. The van der Waals surface area contributed by atoms with E-state index in [0.29, 0.717) is 5.69 Å². The van der Waals surface area contributed by atoms with Gasteiger partial charge in [-0.3, -0.25) is 0 Å². The number of nitrogens with zero attached hydrogens (tertiary/aromatic N) is 1. The van der Waals surface area contributed by atoms with E-state index in [-0.39, 0.29) is 10.7 Å². The Hall–Kier alpha value is -1.48. The zero-order valence-electron chi connectivity index (χ0n) is 13.6. The third kappa shape index (κ3) is 6.74. The molecule has 138 valence electrons. The minimum absolute atomic E-state index is 0.0340. The van der Waals surface area contributed by atoms with Gasteiger partial charge in [-0.15, -0.1) is 0 Å². The lowest BCUT2D eigenvalue weighted by atomic mass is 10.2. The van der Waals surface area contributed by atoms with E-state index in [0.717, 1.165) is 0 Å². The highest BCUT2D eigenvalue weighted by Crippen LogP contribution is 2.29. The number of ether oxygens (including phenoxy) is 1. The fourth-order valence-corrected chi connectivity index (χ4v) is 2.18. The molecule has 0 radical (unpaired) electrons. The number of methoxy groups -OCH3 is 1. The fraction of sp³-hybridized carbons (Fsp3) is 0.357. The minimum atomic E-state index is -1.88. The van der Waals surface area contributed by atoms with Gasteiger partial charge in [-0.25, -0.2) is 9.59 Å².